The molecule has 0 unspecified atom stereocenters. The molecule has 0 bridgehead atoms. The van der Waals surface area contributed by atoms with Crippen LogP contribution in [-0.2, 0) is 12.8 Å². The average molecular weight is 770 g/mol. The highest BCUT2D eigenvalue weighted by molar-refractivity contribution is 9.11. The van der Waals surface area contributed by atoms with E-state index < -0.39 is 15.7 Å². The number of hydrogen-bond donors (Lipinski definition) is 0. The summed E-state index contributed by atoms with van der Waals surface area (Å²) in [5, 5.41) is 7.46. The average Bonchev–Trinajstić information content (AvgIpc) is 3.73. The van der Waals surface area contributed by atoms with Crippen molar-refractivity contribution in [2.45, 2.75) is 39.9 Å². The Balaban J connectivity index is 0.000000154. The molecule has 0 amide bonds. The zero-order valence-corrected chi connectivity index (χ0v) is 32.9. The lowest BCUT2D eigenvalue weighted by molar-refractivity contribution is 1.29. The maximum atomic E-state index is 3.48. The molecular weight excluding hydrogens is 722 g/mol. The van der Waals surface area contributed by atoms with E-state index in [0.717, 1.165) is 12.8 Å². The zero-order valence-electron chi connectivity index (χ0n) is 28.5. The van der Waals surface area contributed by atoms with E-state index in [-0.39, 0.29) is 14.9 Å². The molecule has 2 aliphatic rings. The third-order valence-electron chi connectivity index (χ3n) is 8.49. The molecule has 0 atom stereocenters. The lowest BCUT2D eigenvalue weighted by atomic mass is 10.1. The molecule has 50 heavy (non-hydrogen) atoms. The first-order chi connectivity index (χ1) is 23.9. The highest BCUT2D eigenvalue weighted by atomic mass is 79.9. The van der Waals surface area contributed by atoms with Gasteiger partial charge in [0.2, 0.25) is 0 Å². The van der Waals surface area contributed by atoms with Crippen LogP contribution in [-0.4, -0.2) is 7.74 Å². The van der Waals surface area contributed by atoms with E-state index in [4.69, 9.17) is 0 Å². The molecule has 2 aliphatic carbocycles. The predicted molar refractivity (Wildman–Crippen MR) is 233 cm³/mol. The first-order valence-electron chi connectivity index (χ1n) is 16.9. The van der Waals surface area contributed by atoms with Crippen molar-refractivity contribution in [3.8, 4) is 0 Å². The van der Waals surface area contributed by atoms with Crippen molar-refractivity contribution in [2.75, 3.05) is 0 Å². The second-order valence-electron chi connectivity index (χ2n) is 13.2. The van der Waals surface area contributed by atoms with Crippen LogP contribution in [0.5, 0.6) is 0 Å². The number of fused-ring (bicyclic) bond motifs is 2. The molecule has 0 saturated carbocycles. The molecule has 0 heterocycles. The van der Waals surface area contributed by atoms with E-state index in [0.29, 0.717) is 0 Å². The minimum absolute atomic E-state index is 0. The fourth-order valence-electron chi connectivity index (χ4n) is 6.36. The third-order valence-corrected chi connectivity index (χ3v) is 20.0. The molecule has 0 aliphatic heterocycles. The van der Waals surface area contributed by atoms with E-state index in [1.165, 1.54) is 48.0 Å². The number of allylic oxidation sites excluding steroid dienone is 2. The lowest BCUT2D eigenvalue weighted by Crippen LogP contribution is -2.30. The zero-order chi connectivity index (χ0) is 34.1. The molecule has 4 heteroatoms. The second-order valence-corrected chi connectivity index (χ2v) is 27.9. The van der Waals surface area contributed by atoms with Gasteiger partial charge < -0.3 is 0 Å². The second kappa shape index (κ2) is 18.0. The van der Waals surface area contributed by atoms with E-state index in [1.807, 2.05) is 0 Å². The summed E-state index contributed by atoms with van der Waals surface area (Å²) in [6.07, 6.45) is 6.72. The van der Waals surface area contributed by atoms with Gasteiger partial charge in [-0.1, -0.05) is 226 Å². The van der Waals surface area contributed by atoms with Gasteiger partial charge in [0.1, 0.15) is 0 Å². The smallest absolute Gasteiger partial charge is 0.0776 e. The molecule has 0 fully saturated rings. The lowest BCUT2D eigenvalue weighted by Gasteiger charge is -2.30. The van der Waals surface area contributed by atoms with Gasteiger partial charge in [-0.25, -0.2) is 0 Å². The number of halogens is 1. The van der Waals surface area contributed by atoms with E-state index in [2.05, 4.69) is 218 Å². The monoisotopic (exact) mass is 768 g/mol. The Morgan fingerprint density at radius 2 is 0.800 bits per heavy atom. The summed E-state index contributed by atoms with van der Waals surface area (Å²) in [5.41, 5.74) is 5.62. The molecule has 0 spiro atoms. The van der Waals surface area contributed by atoms with Crippen molar-refractivity contribution in [3.63, 3.8) is 0 Å². The van der Waals surface area contributed by atoms with Crippen molar-refractivity contribution >= 4 is 72.4 Å². The molecule has 0 N–H and O–H groups in total. The Morgan fingerprint density at radius 1 is 0.440 bits per heavy atom. The van der Waals surface area contributed by atoms with Crippen LogP contribution >= 0.6 is 31.3 Å². The number of hydrogen-bond acceptors (Lipinski definition) is 0. The first kappa shape index (κ1) is 37.6. The Labute approximate surface area is 312 Å². The topological polar surface area (TPSA) is 0 Å². The van der Waals surface area contributed by atoms with E-state index in [9.17, 15) is 0 Å². The maximum absolute atomic E-state index is 3.48. The highest BCUT2D eigenvalue weighted by Crippen LogP contribution is 2.48. The van der Waals surface area contributed by atoms with Crippen LogP contribution in [0.15, 0.2) is 180 Å². The van der Waals surface area contributed by atoms with Crippen molar-refractivity contribution in [3.05, 3.63) is 202 Å². The largest absolute Gasteiger partial charge is 0.0827 e. The standard InChI is InChI=1S/C21H17P.C15H19PSi.C9H7Br.CH4/c1-3-11-19(12-4-1)22(20-13-5-2-6-14-20)21-15-17-9-7-8-10-18(17)16-21;1-17(2,3)16(14-10-6-4-7-11-14)15-12-8-5-9-13-15;10-9-5-7-3-1-2-4-8(7)6-9;/h1-15H,16H2;4-13H,1-3H3;1-5H,6H2;1H4. The van der Waals surface area contributed by atoms with Gasteiger partial charge in [-0.2, -0.15) is 0 Å². The van der Waals surface area contributed by atoms with Crippen LogP contribution in [0, 0.1) is 0 Å². The maximum Gasteiger partial charge on any atom is 0.0827 e. The SMILES string of the molecule is BrC1=Cc2ccccc2C1.C.C1=C(P(c2ccccc2)c2ccccc2)Cc2ccccc21.C[Si](C)(C)P(c1ccccc1)c1ccccc1. The van der Waals surface area contributed by atoms with E-state index in [1.54, 1.807) is 5.31 Å². The molecular formula is C46H47BrP2Si. The molecule has 6 aromatic rings. The molecule has 252 valence electrons. The summed E-state index contributed by atoms with van der Waals surface area (Å²) in [7, 11) is -1.79. The van der Waals surface area contributed by atoms with Crippen LogP contribution in [0.3, 0.4) is 0 Å². The quantitative estimate of drug-likeness (QED) is 0.117. The van der Waals surface area contributed by atoms with Crippen LogP contribution in [0.1, 0.15) is 29.7 Å². The normalized spacial score (nSPS) is 12.7. The summed E-state index contributed by atoms with van der Waals surface area (Å²) >= 11 is 3.48. The molecule has 8 rings (SSSR count). The summed E-state index contributed by atoms with van der Waals surface area (Å²) in [6.45, 7) is 7.41. The van der Waals surface area contributed by atoms with Gasteiger partial charge in [0, 0.05) is 10.9 Å². The van der Waals surface area contributed by atoms with Crippen LogP contribution in [0.25, 0.3) is 12.2 Å². The number of benzene rings is 6. The minimum atomic E-state index is -1.20. The van der Waals surface area contributed by atoms with Gasteiger partial charge in [0.15, 0.2) is 0 Å². The molecule has 6 aromatic carbocycles. The van der Waals surface area contributed by atoms with Crippen LogP contribution in [0.4, 0.5) is 0 Å². The van der Waals surface area contributed by atoms with E-state index >= 15 is 0 Å². The van der Waals surface area contributed by atoms with Crippen molar-refractivity contribution in [1.29, 1.82) is 0 Å². The summed E-state index contributed by atoms with van der Waals surface area (Å²) in [4.78, 5) is 0. The van der Waals surface area contributed by atoms with Gasteiger partial charge in [-0.15, -0.1) is 0 Å². The van der Waals surface area contributed by atoms with Gasteiger partial charge in [0.05, 0.1) is 7.74 Å². The van der Waals surface area contributed by atoms with Crippen LogP contribution in [0.2, 0.25) is 19.6 Å². The van der Waals surface area contributed by atoms with Crippen molar-refractivity contribution in [1.82, 2.24) is 0 Å². The fourth-order valence-corrected chi connectivity index (χ4v) is 17.7. The number of rotatable bonds is 6. The van der Waals surface area contributed by atoms with Gasteiger partial charge in [-0.05, 0) is 69.2 Å². The van der Waals surface area contributed by atoms with Crippen LogP contribution < -0.4 is 21.2 Å². The van der Waals surface area contributed by atoms with Gasteiger partial charge >= 0.3 is 0 Å². The van der Waals surface area contributed by atoms with Gasteiger partial charge in [-0.3, -0.25) is 0 Å². The van der Waals surface area contributed by atoms with Crippen molar-refractivity contribution in [2.24, 2.45) is 0 Å². The molecule has 0 radical (unpaired) electrons. The summed E-state index contributed by atoms with van der Waals surface area (Å²) in [6, 6.07) is 61.1. The highest BCUT2D eigenvalue weighted by Gasteiger charge is 2.29. The molecule has 0 nitrogen and oxygen atoms in total. The summed E-state index contributed by atoms with van der Waals surface area (Å²) in [5.74, 6) is 0. The Morgan fingerprint density at radius 3 is 1.20 bits per heavy atom. The fraction of sp³-hybridized carbons (Fsp3) is 0.130. The molecule has 0 saturated heterocycles. The first-order valence-corrected chi connectivity index (χ1v) is 24.7. The Hall–Kier alpha value is -3.64. The van der Waals surface area contributed by atoms with Crippen molar-refractivity contribution < 1.29 is 0 Å². The Bertz CT molecular complexity index is 1920. The predicted octanol–water partition coefficient (Wildman–Crippen LogP) is 12.3. The van der Waals surface area contributed by atoms with Gasteiger partial charge in [0.25, 0.3) is 0 Å². The third kappa shape index (κ3) is 9.78. The Kier molecular flexibility index (Phi) is 13.6. The summed E-state index contributed by atoms with van der Waals surface area (Å²) < 4.78 is 1.29. The molecule has 0 aromatic heterocycles. The minimum Gasteiger partial charge on any atom is -0.0776 e.